The van der Waals surface area contributed by atoms with Gasteiger partial charge < -0.3 is 9.84 Å². The van der Waals surface area contributed by atoms with Crippen molar-refractivity contribution in [1.82, 2.24) is 0 Å². The molecule has 2 aliphatic carbocycles. The maximum Gasteiger partial charge on any atom is 0.120 e. The Labute approximate surface area is 83.5 Å². The molecule has 0 amide bonds. The van der Waals surface area contributed by atoms with Crippen molar-refractivity contribution in [3.05, 3.63) is 29.8 Å². The van der Waals surface area contributed by atoms with Crippen LogP contribution in [0.3, 0.4) is 0 Å². The molecule has 2 heteroatoms. The molecular formula is C12H14O2. The molecule has 0 radical (unpaired) electrons. The maximum absolute atomic E-state index is 9.92. The zero-order valence-electron chi connectivity index (χ0n) is 8.07. The number of rotatable bonds is 3. The van der Waals surface area contributed by atoms with Gasteiger partial charge in [0, 0.05) is 0 Å². The van der Waals surface area contributed by atoms with Crippen LogP contribution in [-0.4, -0.2) is 11.2 Å². The van der Waals surface area contributed by atoms with E-state index in [4.69, 9.17) is 4.74 Å². The molecule has 0 atom stereocenters. The summed E-state index contributed by atoms with van der Waals surface area (Å²) in [5.74, 6) is 0.908. The molecule has 0 heterocycles. The van der Waals surface area contributed by atoms with Gasteiger partial charge >= 0.3 is 0 Å². The van der Waals surface area contributed by atoms with Crippen LogP contribution in [0.5, 0.6) is 5.75 Å². The van der Waals surface area contributed by atoms with E-state index >= 15 is 0 Å². The van der Waals surface area contributed by atoms with E-state index in [9.17, 15) is 5.11 Å². The average Bonchev–Trinajstić information content (AvgIpc) is 3.05. The summed E-state index contributed by atoms with van der Waals surface area (Å²) in [5, 5.41) is 9.92. The lowest BCUT2D eigenvalue weighted by molar-refractivity contribution is 0.151. The van der Waals surface area contributed by atoms with Crippen molar-refractivity contribution < 1.29 is 9.84 Å². The minimum Gasteiger partial charge on any atom is -0.490 e. The third-order valence-electron chi connectivity index (χ3n) is 2.92. The van der Waals surface area contributed by atoms with Gasteiger partial charge in [-0.2, -0.15) is 0 Å². The molecule has 2 aliphatic rings. The molecule has 1 N–H and O–H groups in total. The predicted molar refractivity (Wildman–Crippen MR) is 53.2 cm³/mol. The topological polar surface area (TPSA) is 29.5 Å². The van der Waals surface area contributed by atoms with Gasteiger partial charge in [0.1, 0.15) is 5.75 Å². The third kappa shape index (κ3) is 1.50. The highest BCUT2D eigenvalue weighted by molar-refractivity contribution is 5.35. The number of hydrogen-bond acceptors (Lipinski definition) is 2. The largest absolute Gasteiger partial charge is 0.490 e. The molecule has 0 aliphatic heterocycles. The Morgan fingerprint density at radius 2 is 2.07 bits per heavy atom. The van der Waals surface area contributed by atoms with Crippen LogP contribution in [-0.2, 0) is 5.60 Å². The summed E-state index contributed by atoms with van der Waals surface area (Å²) in [7, 11) is 0. The van der Waals surface area contributed by atoms with Crippen molar-refractivity contribution >= 4 is 0 Å². The summed E-state index contributed by atoms with van der Waals surface area (Å²) in [5.41, 5.74) is 0.471. The van der Waals surface area contributed by atoms with Crippen molar-refractivity contribution in [2.75, 3.05) is 0 Å². The molecule has 1 aromatic carbocycles. The first-order valence-electron chi connectivity index (χ1n) is 5.26. The molecule has 0 aromatic heterocycles. The molecule has 2 fully saturated rings. The molecule has 14 heavy (non-hydrogen) atoms. The SMILES string of the molecule is OC1(c2cccc(OC3CC3)c2)CC1. The summed E-state index contributed by atoms with van der Waals surface area (Å²) in [6.07, 6.45) is 4.56. The summed E-state index contributed by atoms with van der Waals surface area (Å²) < 4.78 is 5.68. The van der Waals surface area contributed by atoms with Gasteiger partial charge in [-0.05, 0) is 43.4 Å². The van der Waals surface area contributed by atoms with E-state index in [1.165, 1.54) is 12.8 Å². The minimum atomic E-state index is -0.539. The molecule has 0 spiro atoms. The predicted octanol–water partition coefficient (Wildman–Crippen LogP) is 2.21. The van der Waals surface area contributed by atoms with Crippen LogP contribution in [0, 0.1) is 0 Å². The van der Waals surface area contributed by atoms with Gasteiger partial charge in [0.05, 0.1) is 11.7 Å². The number of aliphatic hydroxyl groups is 1. The number of benzene rings is 1. The second-order valence-corrected chi connectivity index (χ2v) is 4.38. The molecule has 0 unspecified atom stereocenters. The van der Waals surface area contributed by atoms with Crippen molar-refractivity contribution in [2.45, 2.75) is 37.4 Å². The Morgan fingerprint density at radius 1 is 1.29 bits per heavy atom. The van der Waals surface area contributed by atoms with Crippen LogP contribution in [0.2, 0.25) is 0 Å². The number of ether oxygens (including phenoxy) is 1. The third-order valence-corrected chi connectivity index (χ3v) is 2.92. The average molecular weight is 190 g/mol. The Balaban J connectivity index is 1.83. The van der Waals surface area contributed by atoms with Crippen LogP contribution in [0.15, 0.2) is 24.3 Å². The lowest BCUT2D eigenvalue weighted by atomic mass is 10.1. The van der Waals surface area contributed by atoms with Gasteiger partial charge in [0.25, 0.3) is 0 Å². The van der Waals surface area contributed by atoms with E-state index in [0.29, 0.717) is 6.10 Å². The minimum absolute atomic E-state index is 0.430. The van der Waals surface area contributed by atoms with Crippen molar-refractivity contribution in [1.29, 1.82) is 0 Å². The van der Waals surface area contributed by atoms with E-state index in [2.05, 4.69) is 0 Å². The van der Waals surface area contributed by atoms with Gasteiger partial charge in [0.2, 0.25) is 0 Å². The van der Waals surface area contributed by atoms with Gasteiger partial charge in [0.15, 0.2) is 0 Å². The molecule has 2 saturated carbocycles. The first-order valence-corrected chi connectivity index (χ1v) is 5.26. The van der Waals surface area contributed by atoms with E-state index < -0.39 is 5.60 Å². The normalized spacial score (nSPS) is 23.2. The molecule has 74 valence electrons. The second-order valence-electron chi connectivity index (χ2n) is 4.38. The fourth-order valence-corrected chi connectivity index (χ4v) is 1.64. The fraction of sp³-hybridized carbons (Fsp3) is 0.500. The maximum atomic E-state index is 9.92. The summed E-state index contributed by atoms with van der Waals surface area (Å²) in [6, 6.07) is 7.88. The number of hydrogen-bond donors (Lipinski definition) is 1. The Kier molecular flexibility index (Phi) is 1.62. The van der Waals surface area contributed by atoms with Crippen LogP contribution in [0.25, 0.3) is 0 Å². The zero-order chi connectivity index (χ0) is 9.60. The Bertz CT molecular complexity index is 351. The lowest BCUT2D eigenvalue weighted by Gasteiger charge is -2.10. The molecular weight excluding hydrogens is 176 g/mol. The Morgan fingerprint density at radius 3 is 2.71 bits per heavy atom. The van der Waals surface area contributed by atoms with Crippen molar-refractivity contribution in [2.24, 2.45) is 0 Å². The van der Waals surface area contributed by atoms with Crippen molar-refractivity contribution in [3.8, 4) is 5.75 Å². The first-order chi connectivity index (χ1) is 6.76. The molecule has 3 rings (SSSR count). The van der Waals surface area contributed by atoms with Crippen LogP contribution < -0.4 is 4.74 Å². The van der Waals surface area contributed by atoms with E-state index in [1.807, 2.05) is 24.3 Å². The zero-order valence-corrected chi connectivity index (χ0v) is 8.07. The highest BCUT2D eigenvalue weighted by atomic mass is 16.5. The van der Waals surface area contributed by atoms with Gasteiger partial charge in [-0.25, -0.2) is 0 Å². The second kappa shape index (κ2) is 2.74. The van der Waals surface area contributed by atoms with E-state index in [0.717, 1.165) is 24.2 Å². The van der Waals surface area contributed by atoms with E-state index in [1.54, 1.807) is 0 Å². The molecule has 2 nitrogen and oxygen atoms in total. The van der Waals surface area contributed by atoms with Crippen molar-refractivity contribution in [3.63, 3.8) is 0 Å². The smallest absolute Gasteiger partial charge is 0.120 e. The van der Waals surface area contributed by atoms with Gasteiger partial charge in [-0.15, -0.1) is 0 Å². The summed E-state index contributed by atoms with van der Waals surface area (Å²) in [6.45, 7) is 0. The van der Waals surface area contributed by atoms with Crippen LogP contribution in [0.1, 0.15) is 31.2 Å². The van der Waals surface area contributed by atoms with Gasteiger partial charge in [-0.1, -0.05) is 12.1 Å². The first kappa shape index (κ1) is 8.30. The fourth-order valence-electron chi connectivity index (χ4n) is 1.64. The molecule has 0 saturated heterocycles. The highest BCUT2D eigenvalue weighted by Crippen LogP contribution is 2.46. The lowest BCUT2D eigenvalue weighted by Crippen LogP contribution is -2.04. The van der Waals surface area contributed by atoms with Crippen LogP contribution in [0.4, 0.5) is 0 Å². The summed E-state index contributed by atoms with van der Waals surface area (Å²) in [4.78, 5) is 0. The Hall–Kier alpha value is -1.02. The highest BCUT2D eigenvalue weighted by Gasteiger charge is 2.42. The summed E-state index contributed by atoms with van der Waals surface area (Å²) >= 11 is 0. The van der Waals surface area contributed by atoms with Gasteiger partial charge in [-0.3, -0.25) is 0 Å². The standard InChI is InChI=1S/C12H14O2/c13-12(6-7-12)9-2-1-3-11(8-9)14-10-4-5-10/h1-3,8,10,13H,4-7H2. The molecule has 0 bridgehead atoms. The molecule has 1 aromatic rings. The van der Waals surface area contributed by atoms with Crippen LogP contribution >= 0.6 is 0 Å². The monoisotopic (exact) mass is 190 g/mol. The van der Waals surface area contributed by atoms with E-state index in [-0.39, 0.29) is 0 Å². The quantitative estimate of drug-likeness (QED) is 0.791.